The first kappa shape index (κ1) is 22.7. The third kappa shape index (κ3) is 5.58. The van der Waals surface area contributed by atoms with E-state index in [-0.39, 0.29) is 11.7 Å². The number of H-pyrrole nitrogens is 1. The number of nitriles is 1. The van der Waals surface area contributed by atoms with Crippen LogP contribution in [-0.4, -0.2) is 30.6 Å². The second-order valence-corrected chi connectivity index (χ2v) is 8.40. The highest BCUT2D eigenvalue weighted by Gasteiger charge is 2.15. The fourth-order valence-corrected chi connectivity index (χ4v) is 3.99. The number of nitrogens with zero attached hydrogens (tertiary/aromatic N) is 1. The Morgan fingerprint density at radius 1 is 1.32 bits per heavy atom. The van der Waals surface area contributed by atoms with E-state index in [2.05, 4.69) is 32.9 Å². The number of rotatable bonds is 8. The van der Waals surface area contributed by atoms with Crippen LogP contribution in [0.1, 0.15) is 25.0 Å². The molecule has 3 aromatic rings. The normalized spacial score (nSPS) is 11.4. The lowest BCUT2D eigenvalue weighted by atomic mass is 10.1. The first-order valence-electron chi connectivity index (χ1n) is 9.92. The number of halogens is 1. The van der Waals surface area contributed by atoms with Gasteiger partial charge in [-0.25, -0.2) is 0 Å². The van der Waals surface area contributed by atoms with Gasteiger partial charge in [0, 0.05) is 23.6 Å². The summed E-state index contributed by atoms with van der Waals surface area (Å²) >= 11 is 2.16. The number of benzene rings is 2. The van der Waals surface area contributed by atoms with E-state index in [0.29, 0.717) is 30.0 Å². The minimum absolute atomic E-state index is 0.00130. The van der Waals surface area contributed by atoms with Gasteiger partial charge in [-0.15, -0.1) is 0 Å². The first-order valence-corrected chi connectivity index (χ1v) is 11.0. The molecule has 0 fully saturated rings. The van der Waals surface area contributed by atoms with Crippen LogP contribution in [0, 0.1) is 14.9 Å². The van der Waals surface area contributed by atoms with Crippen LogP contribution in [0.2, 0.25) is 0 Å². The number of ether oxygens (including phenoxy) is 2. The molecule has 7 heteroatoms. The van der Waals surface area contributed by atoms with Crippen LogP contribution in [0.15, 0.2) is 48.2 Å². The highest BCUT2D eigenvalue weighted by Crippen LogP contribution is 2.35. The molecular formula is C24H24IN3O3. The number of para-hydroxylation sites is 1. The van der Waals surface area contributed by atoms with Crippen LogP contribution in [0.3, 0.4) is 0 Å². The minimum Gasteiger partial charge on any atom is -0.493 e. The molecule has 1 amide bonds. The molecule has 6 nitrogen and oxygen atoms in total. The molecule has 0 aliphatic heterocycles. The summed E-state index contributed by atoms with van der Waals surface area (Å²) in [6, 6.07) is 13.6. The molecule has 0 spiro atoms. The van der Waals surface area contributed by atoms with Crippen LogP contribution < -0.4 is 14.8 Å². The van der Waals surface area contributed by atoms with Gasteiger partial charge in [-0.3, -0.25) is 4.79 Å². The van der Waals surface area contributed by atoms with E-state index in [9.17, 15) is 10.1 Å². The summed E-state index contributed by atoms with van der Waals surface area (Å²) in [5.41, 5.74) is 2.92. The highest BCUT2D eigenvalue weighted by atomic mass is 127. The van der Waals surface area contributed by atoms with E-state index in [4.69, 9.17) is 9.47 Å². The van der Waals surface area contributed by atoms with Gasteiger partial charge in [0.15, 0.2) is 11.5 Å². The van der Waals surface area contributed by atoms with Crippen molar-refractivity contribution in [1.29, 1.82) is 5.26 Å². The fourth-order valence-electron chi connectivity index (χ4n) is 3.23. The number of carbonyl (C=O) groups excluding carboxylic acids is 1. The van der Waals surface area contributed by atoms with Crippen molar-refractivity contribution in [2.45, 2.75) is 26.4 Å². The molecule has 2 N–H and O–H groups in total. The number of fused-ring (bicyclic) bond motifs is 1. The largest absolute Gasteiger partial charge is 0.493 e. The molecule has 3 rings (SSSR count). The number of aromatic nitrogens is 1. The van der Waals surface area contributed by atoms with E-state index in [1.54, 1.807) is 19.3 Å². The average molecular weight is 529 g/mol. The molecule has 0 bridgehead atoms. The monoisotopic (exact) mass is 529 g/mol. The lowest BCUT2D eigenvalue weighted by Gasteiger charge is -2.16. The van der Waals surface area contributed by atoms with Crippen molar-refractivity contribution < 1.29 is 14.3 Å². The van der Waals surface area contributed by atoms with Gasteiger partial charge in [0.2, 0.25) is 0 Å². The van der Waals surface area contributed by atoms with Crippen LogP contribution in [0.25, 0.3) is 17.0 Å². The van der Waals surface area contributed by atoms with Gasteiger partial charge in [0.25, 0.3) is 5.91 Å². The van der Waals surface area contributed by atoms with Gasteiger partial charge in [0.05, 0.1) is 16.8 Å². The van der Waals surface area contributed by atoms with E-state index in [1.165, 1.54) is 0 Å². The molecule has 160 valence electrons. The Balaban J connectivity index is 1.71. The van der Waals surface area contributed by atoms with E-state index in [1.807, 2.05) is 56.4 Å². The Morgan fingerprint density at radius 3 is 2.81 bits per heavy atom. The fraction of sp³-hybridized carbons (Fsp3) is 0.250. The summed E-state index contributed by atoms with van der Waals surface area (Å²) in [6.45, 7) is 4.32. The molecular weight excluding hydrogens is 505 g/mol. The molecule has 31 heavy (non-hydrogen) atoms. The summed E-state index contributed by atoms with van der Waals surface area (Å²) in [5.74, 6) is 0.805. The molecule has 0 aliphatic rings. The minimum atomic E-state index is -0.404. The third-order valence-corrected chi connectivity index (χ3v) is 5.44. The Hall–Kier alpha value is -2.99. The molecule has 2 aromatic carbocycles. The molecule has 0 saturated heterocycles. The number of aromatic amines is 1. The highest BCUT2D eigenvalue weighted by molar-refractivity contribution is 14.1. The van der Waals surface area contributed by atoms with Gasteiger partial charge in [0.1, 0.15) is 11.6 Å². The van der Waals surface area contributed by atoms with Gasteiger partial charge < -0.3 is 19.8 Å². The van der Waals surface area contributed by atoms with Gasteiger partial charge >= 0.3 is 0 Å². The lowest BCUT2D eigenvalue weighted by molar-refractivity contribution is -0.117. The molecule has 0 unspecified atom stereocenters. The average Bonchev–Trinajstić information content (AvgIpc) is 3.16. The summed E-state index contributed by atoms with van der Waals surface area (Å²) in [7, 11) is 1.56. The first-order chi connectivity index (χ1) is 14.9. The third-order valence-electron chi connectivity index (χ3n) is 4.64. The summed E-state index contributed by atoms with van der Waals surface area (Å²) in [6.07, 6.45) is 4.18. The molecule has 0 aliphatic carbocycles. The van der Waals surface area contributed by atoms with E-state index < -0.39 is 5.91 Å². The second kappa shape index (κ2) is 10.4. The van der Waals surface area contributed by atoms with E-state index in [0.717, 1.165) is 20.0 Å². The predicted molar refractivity (Wildman–Crippen MR) is 130 cm³/mol. The molecule has 0 radical (unpaired) electrons. The lowest BCUT2D eigenvalue weighted by Crippen LogP contribution is -2.26. The number of carbonyl (C=O) groups is 1. The second-order valence-electron chi connectivity index (χ2n) is 7.24. The molecule has 0 atom stereocenters. The van der Waals surface area contributed by atoms with Crippen molar-refractivity contribution in [3.05, 3.63) is 62.9 Å². The Morgan fingerprint density at radius 2 is 2.10 bits per heavy atom. The molecule has 1 heterocycles. The number of methoxy groups -OCH3 is 1. The number of nitrogens with one attached hydrogen (secondary N) is 2. The number of hydrogen-bond donors (Lipinski definition) is 2. The van der Waals surface area contributed by atoms with Gasteiger partial charge in [-0.1, -0.05) is 18.2 Å². The SMILES string of the molecule is COc1cc(/C=C(/C#N)C(=O)NCCc2c[nH]c3ccccc23)cc(I)c1OC(C)C. The van der Waals surface area contributed by atoms with Crippen molar-refractivity contribution >= 4 is 45.5 Å². The van der Waals surface area contributed by atoms with Gasteiger partial charge in [-0.05, 0) is 78.3 Å². The number of hydrogen-bond acceptors (Lipinski definition) is 4. The zero-order chi connectivity index (χ0) is 22.4. The maximum atomic E-state index is 12.6. The van der Waals surface area contributed by atoms with Crippen LogP contribution >= 0.6 is 22.6 Å². The summed E-state index contributed by atoms with van der Waals surface area (Å²) in [5, 5.41) is 13.5. The van der Waals surface area contributed by atoms with Crippen molar-refractivity contribution in [3.8, 4) is 17.6 Å². The Labute approximate surface area is 195 Å². The maximum Gasteiger partial charge on any atom is 0.261 e. The van der Waals surface area contributed by atoms with Crippen molar-refractivity contribution in [2.24, 2.45) is 0 Å². The van der Waals surface area contributed by atoms with E-state index >= 15 is 0 Å². The smallest absolute Gasteiger partial charge is 0.261 e. The maximum absolute atomic E-state index is 12.6. The van der Waals surface area contributed by atoms with Crippen LogP contribution in [-0.2, 0) is 11.2 Å². The zero-order valence-corrected chi connectivity index (χ0v) is 19.8. The molecule has 1 aromatic heterocycles. The van der Waals surface area contributed by atoms with Crippen LogP contribution in [0.5, 0.6) is 11.5 Å². The van der Waals surface area contributed by atoms with Crippen molar-refractivity contribution in [2.75, 3.05) is 13.7 Å². The van der Waals surface area contributed by atoms with Crippen LogP contribution in [0.4, 0.5) is 0 Å². The standard InChI is InChI=1S/C24H24IN3O3/c1-15(2)31-23-20(25)11-16(12-22(23)30-3)10-18(13-26)24(29)27-9-8-17-14-28-21-7-5-4-6-19(17)21/h4-7,10-12,14-15,28H,8-9H2,1-3H3,(H,27,29)/b18-10-. The quantitative estimate of drug-likeness (QED) is 0.249. The zero-order valence-electron chi connectivity index (χ0n) is 17.7. The predicted octanol–water partition coefficient (Wildman–Crippen LogP) is 4.83. The number of amides is 1. The van der Waals surface area contributed by atoms with Crippen molar-refractivity contribution in [3.63, 3.8) is 0 Å². The Kier molecular flexibility index (Phi) is 7.58. The topological polar surface area (TPSA) is 87.1 Å². The van der Waals surface area contributed by atoms with Gasteiger partial charge in [-0.2, -0.15) is 5.26 Å². The Bertz CT molecular complexity index is 1160. The molecule has 0 saturated carbocycles. The van der Waals surface area contributed by atoms with Crippen molar-refractivity contribution in [1.82, 2.24) is 10.3 Å². The summed E-state index contributed by atoms with van der Waals surface area (Å²) < 4.78 is 12.1. The summed E-state index contributed by atoms with van der Waals surface area (Å²) in [4.78, 5) is 15.8.